The van der Waals surface area contributed by atoms with Crippen molar-refractivity contribution in [3.05, 3.63) is 93.2 Å². The van der Waals surface area contributed by atoms with E-state index in [0.717, 1.165) is 34.1 Å². The molecular weight excluding hydrogens is 376 g/mol. The molecule has 0 amide bonds. The maximum Gasteiger partial charge on any atom is 0.273 e. The van der Waals surface area contributed by atoms with Gasteiger partial charge in [-0.2, -0.15) is 0 Å². The van der Waals surface area contributed by atoms with Crippen LogP contribution in [0.1, 0.15) is 43.7 Å². The molecule has 0 aromatic heterocycles. The van der Waals surface area contributed by atoms with Crippen LogP contribution in [-0.4, -0.2) is 10.7 Å². The van der Waals surface area contributed by atoms with Crippen molar-refractivity contribution in [1.82, 2.24) is 0 Å². The highest BCUT2D eigenvalue weighted by atomic mass is 16.6. The third kappa shape index (κ3) is 2.81. The summed E-state index contributed by atoms with van der Waals surface area (Å²) in [5, 5.41) is 17.4. The lowest BCUT2D eigenvalue weighted by Gasteiger charge is -2.39. The largest absolute Gasteiger partial charge is 0.358 e. The summed E-state index contributed by atoms with van der Waals surface area (Å²) in [5.41, 5.74) is 3.89. The fourth-order valence-electron chi connectivity index (χ4n) is 5.01. The van der Waals surface area contributed by atoms with Gasteiger partial charge in [0.2, 0.25) is 0 Å². The zero-order valence-electron chi connectivity index (χ0n) is 16.9. The van der Waals surface area contributed by atoms with E-state index in [1.165, 1.54) is 6.07 Å². The van der Waals surface area contributed by atoms with Crippen molar-refractivity contribution in [2.24, 2.45) is 5.41 Å². The number of allylic oxidation sites excluding steroid dienone is 2. The lowest BCUT2D eigenvalue weighted by molar-refractivity contribution is -0.385. The molecule has 1 atom stereocenters. The quantitative estimate of drug-likeness (QED) is 0.428. The van der Waals surface area contributed by atoms with Gasteiger partial charge in [0, 0.05) is 40.9 Å². The molecule has 2 aliphatic rings. The topological polar surface area (TPSA) is 72.2 Å². The number of carbonyl (C=O) groups is 1. The summed E-state index contributed by atoms with van der Waals surface area (Å²) in [6.07, 6.45) is 1.17. The number of nitrogens with zero attached hydrogens (tertiary/aromatic N) is 1. The van der Waals surface area contributed by atoms with E-state index in [1.54, 1.807) is 12.1 Å². The van der Waals surface area contributed by atoms with Crippen LogP contribution in [0.5, 0.6) is 0 Å². The number of hydrogen-bond donors (Lipinski definition) is 1. The summed E-state index contributed by atoms with van der Waals surface area (Å²) >= 11 is 0. The zero-order chi connectivity index (χ0) is 21.0. The number of fused-ring (bicyclic) bond motifs is 3. The first-order chi connectivity index (χ1) is 14.4. The molecule has 0 radical (unpaired) electrons. The Morgan fingerprint density at radius 1 is 1.00 bits per heavy atom. The first kappa shape index (κ1) is 18.6. The third-order valence-electron chi connectivity index (χ3n) is 6.20. The minimum Gasteiger partial charge on any atom is -0.358 e. The van der Waals surface area contributed by atoms with E-state index in [1.807, 2.05) is 36.4 Å². The lowest BCUT2D eigenvalue weighted by Crippen LogP contribution is -2.34. The molecule has 5 rings (SSSR count). The zero-order valence-corrected chi connectivity index (χ0v) is 16.9. The van der Waals surface area contributed by atoms with Gasteiger partial charge in [-0.15, -0.1) is 0 Å². The number of nitro groups is 1. The molecule has 1 unspecified atom stereocenters. The smallest absolute Gasteiger partial charge is 0.273 e. The molecule has 5 heteroatoms. The van der Waals surface area contributed by atoms with Crippen LogP contribution < -0.4 is 5.32 Å². The van der Waals surface area contributed by atoms with Crippen molar-refractivity contribution >= 4 is 27.9 Å². The number of para-hydroxylation sites is 1. The van der Waals surface area contributed by atoms with E-state index in [0.29, 0.717) is 17.6 Å². The number of anilines is 1. The monoisotopic (exact) mass is 398 g/mol. The predicted molar refractivity (Wildman–Crippen MR) is 118 cm³/mol. The molecule has 30 heavy (non-hydrogen) atoms. The first-order valence-corrected chi connectivity index (χ1v) is 10.1. The number of Topliss-reactive ketones (excluding diaryl/α,β-unsaturated/α-hetero) is 1. The summed E-state index contributed by atoms with van der Waals surface area (Å²) in [6, 6.07) is 18.9. The number of nitrogens with one attached hydrogen (secondary N) is 1. The van der Waals surface area contributed by atoms with Crippen LogP contribution in [0.3, 0.4) is 0 Å². The van der Waals surface area contributed by atoms with E-state index in [2.05, 4.69) is 25.2 Å². The Labute approximate surface area is 174 Å². The number of benzene rings is 3. The molecule has 1 aliphatic heterocycles. The van der Waals surface area contributed by atoms with E-state index >= 15 is 0 Å². The predicted octanol–water partition coefficient (Wildman–Crippen LogP) is 5.95. The number of carbonyl (C=O) groups excluding carboxylic acids is 1. The number of nitro benzene ring substituents is 1. The molecule has 3 aromatic rings. The van der Waals surface area contributed by atoms with Gasteiger partial charge in [0.25, 0.3) is 5.69 Å². The van der Waals surface area contributed by atoms with Gasteiger partial charge in [-0.1, -0.05) is 62.4 Å². The highest BCUT2D eigenvalue weighted by molar-refractivity contribution is 6.04. The minimum atomic E-state index is -0.465. The van der Waals surface area contributed by atoms with Gasteiger partial charge in [0.05, 0.1) is 4.92 Å². The summed E-state index contributed by atoms with van der Waals surface area (Å²) in [5.74, 6) is -0.400. The third-order valence-corrected chi connectivity index (χ3v) is 6.20. The highest BCUT2D eigenvalue weighted by Crippen LogP contribution is 2.52. The summed E-state index contributed by atoms with van der Waals surface area (Å²) < 4.78 is 0. The molecule has 0 spiro atoms. The minimum absolute atomic E-state index is 0.0489. The van der Waals surface area contributed by atoms with Crippen LogP contribution in [0.4, 0.5) is 11.4 Å². The standard InChI is InChI=1S/C25H22N2O3/c1-25(2)13-19-24(21(28)14-25)23(17-9-5-6-10-20(17)27(29)30)22-16-8-4-3-7-15(16)11-12-18(22)26-19/h3-12,23,26H,13-14H2,1-2H3. The van der Waals surface area contributed by atoms with Gasteiger partial charge in [0.15, 0.2) is 5.78 Å². The molecule has 0 bridgehead atoms. The molecule has 0 fully saturated rings. The Bertz CT molecular complexity index is 1260. The lowest BCUT2D eigenvalue weighted by atomic mass is 9.68. The van der Waals surface area contributed by atoms with Crippen LogP contribution in [0.2, 0.25) is 0 Å². The molecule has 3 aromatic carbocycles. The average Bonchev–Trinajstić information content (AvgIpc) is 2.71. The fourth-order valence-corrected chi connectivity index (χ4v) is 5.01. The highest BCUT2D eigenvalue weighted by Gasteiger charge is 2.42. The van der Waals surface area contributed by atoms with Crippen molar-refractivity contribution in [3.63, 3.8) is 0 Å². The van der Waals surface area contributed by atoms with Crippen LogP contribution in [0.15, 0.2) is 71.9 Å². The molecule has 0 saturated heterocycles. The van der Waals surface area contributed by atoms with E-state index in [9.17, 15) is 14.9 Å². The van der Waals surface area contributed by atoms with Gasteiger partial charge >= 0.3 is 0 Å². The molecule has 0 saturated carbocycles. The van der Waals surface area contributed by atoms with Crippen LogP contribution >= 0.6 is 0 Å². The van der Waals surface area contributed by atoms with Crippen molar-refractivity contribution in [2.75, 3.05) is 5.32 Å². The van der Waals surface area contributed by atoms with Crippen LogP contribution in [-0.2, 0) is 4.79 Å². The summed E-state index contributed by atoms with van der Waals surface area (Å²) in [4.78, 5) is 24.9. The Balaban J connectivity index is 1.86. The van der Waals surface area contributed by atoms with Crippen LogP contribution in [0, 0.1) is 15.5 Å². The van der Waals surface area contributed by atoms with Crippen molar-refractivity contribution in [3.8, 4) is 0 Å². The fraction of sp³-hybridized carbons (Fsp3) is 0.240. The van der Waals surface area contributed by atoms with Crippen LogP contribution in [0.25, 0.3) is 10.8 Å². The molecule has 1 N–H and O–H groups in total. The number of hydrogen-bond acceptors (Lipinski definition) is 4. The van der Waals surface area contributed by atoms with E-state index in [-0.39, 0.29) is 21.8 Å². The second-order valence-electron chi connectivity index (χ2n) is 8.96. The normalized spacial score (nSPS) is 19.8. The SMILES string of the molecule is CC1(C)CC(=O)C2=C(C1)Nc1ccc3ccccc3c1C2c1ccccc1[N+](=O)[O-]. The van der Waals surface area contributed by atoms with Gasteiger partial charge in [0.1, 0.15) is 0 Å². The van der Waals surface area contributed by atoms with Crippen molar-refractivity contribution in [1.29, 1.82) is 0 Å². The van der Waals surface area contributed by atoms with Gasteiger partial charge in [-0.25, -0.2) is 0 Å². The van der Waals surface area contributed by atoms with Gasteiger partial charge < -0.3 is 5.32 Å². The molecule has 150 valence electrons. The van der Waals surface area contributed by atoms with Gasteiger partial charge in [-0.3, -0.25) is 14.9 Å². The maximum atomic E-state index is 13.4. The first-order valence-electron chi connectivity index (χ1n) is 10.1. The molecule has 1 heterocycles. The average molecular weight is 398 g/mol. The summed E-state index contributed by atoms with van der Waals surface area (Å²) in [6.45, 7) is 4.18. The Morgan fingerprint density at radius 2 is 1.73 bits per heavy atom. The maximum absolute atomic E-state index is 13.4. The Hall–Kier alpha value is -3.47. The van der Waals surface area contributed by atoms with E-state index in [4.69, 9.17) is 0 Å². The molecular formula is C25H22N2O3. The Kier molecular flexibility index (Phi) is 4.03. The van der Waals surface area contributed by atoms with E-state index < -0.39 is 5.92 Å². The molecule has 1 aliphatic carbocycles. The number of ketones is 1. The Morgan fingerprint density at radius 3 is 2.53 bits per heavy atom. The van der Waals surface area contributed by atoms with Gasteiger partial charge in [-0.05, 0) is 34.2 Å². The van der Waals surface area contributed by atoms with Crippen molar-refractivity contribution in [2.45, 2.75) is 32.6 Å². The number of rotatable bonds is 2. The second-order valence-corrected chi connectivity index (χ2v) is 8.96. The second kappa shape index (κ2) is 6.52. The van der Waals surface area contributed by atoms with Crippen molar-refractivity contribution < 1.29 is 9.72 Å². The summed E-state index contributed by atoms with van der Waals surface area (Å²) in [7, 11) is 0. The molecule has 5 nitrogen and oxygen atoms in total.